The van der Waals surface area contributed by atoms with Crippen LogP contribution in [-0.4, -0.2) is 38.0 Å². The number of carboxylic acids is 1. The SMILES string of the molecule is Cn1c(CN2C[C@@H](C(=O)O)CC2=O)nc2ccccc21. The third-order valence-electron chi connectivity index (χ3n) is 3.78. The molecule has 104 valence electrons. The Kier molecular flexibility index (Phi) is 2.93. The molecule has 1 aliphatic heterocycles. The largest absolute Gasteiger partial charge is 0.481 e. The van der Waals surface area contributed by atoms with Crippen molar-refractivity contribution in [3.8, 4) is 0 Å². The standard InChI is InChI=1S/C14H15N3O3/c1-16-11-5-3-2-4-10(11)15-12(16)8-17-7-9(14(19)20)6-13(17)18/h2-5,9H,6-8H2,1H3,(H,19,20)/t9-/m0/s1. The topological polar surface area (TPSA) is 75.4 Å². The molecule has 6 nitrogen and oxygen atoms in total. The van der Waals surface area contributed by atoms with Crippen molar-refractivity contribution in [1.29, 1.82) is 0 Å². The lowest BCUT2D eigenvalue weighted by atomic mass is 10.1. The van der Waals surface area contributed by atoms with E-state index in [1.54, 1.807) is 4.90 Å². The van der Waals surface area contributed by atoms with E-state index in [1.165, 1.54) is 0 Å². The van der Waals surface area contributed by atoms with Crippen molar-refractivity contribution in [3.05, 3.63) is 30.1 Å². The monoisotopic (exact) mass is 273 g/mol. The highest BCUT2D eigenvalue weighted by Crippen LogP contribution is 2.21. The lowest BCUT2D eigenvalue weighted by molar-refractivity contribution is -0.141. The summed E-state index contributed by atoms with van der Waals surface area (Å²) in [6.07, 6.45) is 0.0826. The van der Waals surface area contributed by atoms with Gasteiger partial charge in [0.2, 0.25) is 5.91 Å². The number of aryl methyl sites for hydroxylation is 1. The van der Waals surface area contributed by atoms with Crippen LogP contribution in [0.15, 0.2) is 24.3 Å². The molecule has 20 heavy (non-hydrogen) atoms. The van der Waals surface area contributed by atoms with Gasteiger partial charge in [-0.2, -0.15) is 0 Å². The Morgan fingerprint density at radius 1 is 1.45 bits per heavy atom. The molecule has 1 saturated heterocycles. The molecular weight excluding hydrogens is 258 g/mol. The summed E-state index contributed by atoms with van der Waals surface area (Å²) in [4.78, 5) is 28.9. The number of para-hydroxylation sites is 2. The number of hydrogen-bond acceptors (Lipinski definition) is 3. The Balaban J connectivity index is 1.85. The molecule has 0 bridgehead atoms. The first kappa shape index (κ1) is 12.7. The van der Waals surface area contributed by atoms with Crippen LogP contribution in [0.4, 0.5) is 0 Å². The van der Waals surface area contributed by atoms with Gasteiger partial charge in [0.25, 0.3) is 0 Å². The quantitative estimate of drug-likeness (QED) is 0.905. The maximum Gasteiger partial charge on any atom is 0.308 e. The van der Waals surface area contributed by atoms with Crippen LogP contribution in [0.2, 0.25) is 0 Å². The molecule has 1 fully saturated rings. The molecular formula is C14H15N3O3. The summed E-state index contributed by atoms with van der Waals surface area (Å²) in [7, 11) is 1.90. The Morgan fingerprint density at radius 2 is 2.20 bits per heavy atom. The summed E-state index contributed by atoms with van der Waals surface area (Å²) in [5, 5.41) is 8.98. The zero-order chi connectivity index (χ0) is 14.3. The number of aliphatic carboxylic acids is 1. The summed E-state index contributed by atoms with van der Waals surface area (Å²) >= 11 is 0. The Morgan fingerprint density at radius 3 is 2.85 bits per heavy atom. The third kappa shape index (κ3) is 2.03. The fourth-order valence-electron chi connectivity index (χ4n) is 2.60. The van der Waals surface area contributed by atoms with E-state index in [-0.39, 0.29) is 18.9 Å². The number of aromatic nitrogens is 2. The number of hydrogen-bond donors (Lipinski definition) is 1. The number of amides is 1. The van der Waals surface area contributed by atoms with Crippen LogP contribution in [0, 0.1) is 5.92 Å². The Labute approximate surface area is 115 Å². The van der Waals surface area contributed by atoms with E-state index in [9.17, 15) is 9.59 Å². The number of nitrogens with zero attached hydrogens (tertiary/aromatic N) is 3. The van der Waals surface area contributed by atoms with Gasteiger partial charge in [0, 0.05) is 20.0 Å². The maximum absolute atomic E-state index is 11.8. The first-order valence-corrected chi connectivity index (χ1v) is 6.47. The summed E-state index contributed by atoms with van der Waals surface area (Å²) in [5.41, 5.74) is 1.88. The number of imidazole rings is 1. The fraction of sp³-hybridized carbons (Fsp3) is 0.357. The fourth-order valence-corrected chi connectivity index (χ4v) is 2.60. The second-order valence-corrected chi connectivity index (χ2v) is 5.09. The lowest BCUT2D eigenvalue weighted by Gasteiger charge is -2.15. The van der Waals surface area contributed by atoms with Gasteiger partial charge in [0.15, 0.2) is 0 Å². The molecule has 1 aromatic carbocycles. The van der Waals surface area contributed by atoms with Crippen molar-refractivity contribution in [3.63, 3.8) is 0 Å². The minimum Gasteiger partial charge on any atom is -0.481 e. The number of rotatable bonds is 3. The van der Waals surface area contributed by atoms with Gasteiger partial charge in [-0.05, 0) is 12.1 Å². The number of likely N-dealkylation sites (tertiary alicyclic amines) is 1. The molecule has 1 aromatic heterocycles. The van der Waals surface area contributed by atoms with Crippen LogP contribution in [0.1, 0.15) is 12.2 Å². The molecule has 0 aliphatic carbocycles. The van der Waals surface area contributed by atoms with E-state index in [2.05, 4.69) is 4.98 Å². The minimum atomic E-state index is -0.911. The van der Waals surface area contributed by atoms with E-state index in [1.807, 2.05) is 35.9 Å². The van der Waals surface area contributed by atoms with Crippen molar-refractivity contribution in [2.45, 2.75) is 13.0 Å². The molecule has 0 spiro atoms. The van der Waals surface area contributed by atoms with Crippen LogP contribution in [-0.2, 0) is 23.2 Å². The van der Waals surface area contributed by atoms with E-state index in [4.69, 9.17) is 5.11 Å². The first-order chi connectivity index (χ1) is 9.56. The van der Waals surface area contributed by atoms with Crippen molar-refractivity contribution >= 4 is 22.9 Å². The molecule has 0 unspecified atom stereocenters. The van der Waals surface area contributed by atoms with Gasteiger partial charge >= 0.3 is 5.97 Å². The maximum atomic E-state index is 11.8. The number of fused-ring (bicyclic) bond motifs is 1. The summed E-state index contributed by atoms with van der Waals surface area (Å²) in [5.74, 6) is -0.863. The lowest BCUT2D eigenvalue weighted by Crippen LogP contribution is -2.27. The summed E-state index contributed by atoms with van der Waals surface area (Å²) < 4.78 is 1.94. The Hall–Kier alpha value is -2.37. The highest BCUT2D eigenvalue weighted by Gasteiger charge is 2.34. The molecule has 3 rings (SSSR count). The third-order valence-corrected chi connectivity index (χ3v) is 3.78. The van der Waals surface area contributed by atoms with Crippen LogP contribution in [0.25, 0.3) is 11.0 Å². The average molecular weight is 273 g/mol. The highest BCUT2D eigenvalue weighted by molar-refractivity contribution is 5.86. The van der Waals surface area contributed by atoms with E-state index < -0.39 is 11.9 Å². The number of carbonyl (C=O) groups is 2. The zero-order valence-corrected chi connectivity index (χ0v) is 11.1. The molecule has 2 heterocycles. The van der Waals surface area contributed by atoms with Gasteiger partial charge in [-0.3, -0.25) is 9.59 Å². The molecule has 1 amide bonds. The van der Waals surface area contributed by atoms with Gasteiger partial charge in [-0.15, -0.1) is 0 Å². The van der Waals surface area contributed by atoms with Crippen LogP contribution in [0.3, 0.4) is 0 Å². The molecule has 1 aliphatic rings. The number of carboxylic acid groups (broad SMARTS) is 1. The van der Waals surface area contributed by atoms with Crippen molar-refractivity contribution < 1.29 is 14.7 Å². The van der Waals surface area contributed by atoms with Gasteiger partial charge in [-0.1, -0.05) is 12.1 Å². The van der Waals surface area contributed by atoms with Crippen molar-refractivity contribution in [2.24, 2.45) is 13.0 Å². The molecule has 1 N–H and O–H groups in total. The Bertz CT molecular complexity index is 692. The predicted molar refractivity (Wildman–Crippen MR) is 71.9 cm³/mol. The van der Waals surface area contributed by atoms with Crippen LogP contribution < -0.4 is 0 Å². The van der Waals surface area contributed by atoms with Crippen LogP contribution in [0.5, 0.6) is 0 Å². The predicted octanol–water partition coefficient (Wildman–Crippen LogP) is 1.01. The normalized spacial score (nSPS) is 18.9. The average Bonchev–Trinajstić information content (AvgIpc) is 2.93. The van der Waals surface area contributed by atoms with Gasteiger partial charge in [0.05, 0.1) is 23.5 Å². The molecule has 0 saturated carbocycles. The van der Waals surface area contributed by atoms with Crippen molar-refractivity contribution in [1.82, 2.24) is 14.5 Å². The van der Waals surface area contributed by atoms with E-state index >= 15 is 0 Å². The summed E-state index contributed by atoms with van der Waals surface area (Å²) in [6.45, 7) is 0.616. The minimum absolute atomic E-state index is 0.0826. The second kappa shape index (κ2) is 4.63. The van der Waals surface area contributed by atoms with Crippen LogP contribution >= 0.6 is 0 Å². The number of carbonyl (C=O) groups excluding carboxylic acids is 1. The van der Waals surface area contributed by atoms with E-state index in [0.29, 0.717) is 6.54 Å². The molecule has 6 heteroatoms. The number of benzene rings is 1. The zero-order valence-electron chi connectivity index (χ0n) is 11.1. The molecule has 0 radical (unpaired) electrons. The smallest absolute Gasteiger partial charge is 0.308 e. The second-order valence-electron chi connectivity index (χ2n) is 5.09. The van der Waals surface area contributed by atoms with Gasteiger partial charge in [-0.25, -0.2) is 4.98 Å². The van der Waals surface area contributed by atoms with E-state index in [0.717, 1.165) is 16.9 Å². The van der Waals surface area contributed by atoms with Crippen molar-refractivity contribution in [2.75, 3.05) is 6.54 Å². The molecule has 1 atom stereocenters. The van der Waals surface area contributed by atoms with Gasteiger partial charge in [0.1, 0.15) is 5.82 Å². The van der Waals surface area contributed by atoms with Gasteiger partial charge < -0.3 is 14.6 Å². The highest BCUT2D eigenvalue weighted by atomic mass is 16.4. The molecule has 2 aromatic rings. The summed E-state index contributed by atoms with van der Waals surface area (Å²) in [6, 6.07) is 7.75. The first-order valence-electron chi connectivity index (χ1n) is 6.47.